The monoisotopic (exact) mass is 291 g/mol. The van der Waals surface area contributed by atoms with Crippen LogP contribution in [0, 0.1) is 0 Å². The lowest BCUT2D eigenvalue weighted by molar-refractivity contribution is 0.766. The van der Waals surface area contributed by atoms with E-state index in [0.29, 0.717) is 5.39 Å². The minimum Gasteiger partial charge on any atom is -0.367 e. The maximum absolute atomic E-state index is 12.0. The van der Waals surface area contributed by atoms with Crippen molar-refractivity contribution < 1.29 is 0 Å². The third-order valence-corrected chi connectivity index (χ3v) is 4.34. The van der Waals surface area contributed by atoms with Crippen molar-refractivity contribution in [2.75, 3.05) is 11.4 Å². The lowest BCUT2D eigenvalue weighted by Gasteiger charge is -2.23. The largest absolute Gasteiger partial charge is 0.367 e. The van der Waals surface area contributed by atoms with Crippen LogP contribution in [-0.2, 0) is 13.0 Å². The van der Waals surface area contributed by atoms with Gasteiger partial charge in [-0.3, -0.25) is 4.79 Å². The number of anilines is 1. The average molecular weight is 291 g/mol. The van der Waals surface area contributed by atoms with Gasteiger partial charge in [-0.05, 0) is 42.2 Å². The second kappa shape index (κ2) is 5.30. The number of rotatable bonds is 1. The number of hydrogen-bond acceptors (Lipinski definition) is 3. The lowest BCUT2D eigenvalue weighted by Crippen LogP contribution is -2.22. The summed E-state index contributed by atoms with van der Waals surface area (Å²) in [6, 6.07) is 14.6. The van der Waals surface area contributed by atoms with E-state index in [1.54, 1.807) is 0 Å². The van der Waals surface area contributed by atoms with E-state index >= 15 is 0 Å². The Kier molecular flexibility index (Phi) is 3.15. The average Bonchev–Trinajstić information content (AvgIpc) is 2.77. The predicted octanol–water partition coefficient (Wildman–Crippen LogP) is 2.88. The van der Waals surface area contributed by atoms with Gasteiger partial charge >= 0.3 is 0 Å². The van der Waals surface area contributed by atoms with E-state index in [1.165, 1.54) is 17.5 Å². The van der Waals surface area contributed by atoms with Gasteiger partial charge in [0.25, 0.3) is 5.56 Å². The molecule has 0 fully saturated rings. The van der Waals surface area contributed by atoms with Crippen LogP contribution in [0.4, 0.5) is 5.69 Å². The molecule has 0 atom stereocenters. The molecule has 0 bridgehead atoms. The SMILES string of the molecule is O=c1[nH]cnc2ccc(N3CCCc4ccccc4C3)cc12. The summed E-state index contributed by atoms with van der Waals surface area (Å²) in [6.07, 6.45) is 3.69. The molecule has 110 valence electrons. The molecular weight excluding hydrogens is 274 g/mol. The summed E-state index contributed by atoms with van der Waals surface area (Å²) in [5.74, 6) is 0. The Morgan fingerprint density at radius 1 is 1.09 bits per heavy atom. The molecule has 0 unspecified atom stereocenters. The van der Waals surface area contributed by atoms with Crippen LogP contribution in [0.2, 0.25) is 0 Å². The Balaban J connectivity index is 1.76. The summed E-state index contributed by atoms with van der Waals surface area (Å²) in [5, 5.41) is 0.650. The topological polar surface area (TPSA) is 49.0 Å². The van der Waals surface area contributed by atoms with E-state index in [1.807, 2.05) is 12.1 Å². The summed E-state index contributed by atoms with van der Waals surface area (Å²) in [7, 11) is 0. The minimum atomic E-state index is -0.0814. The standard InChI is InChI=1S/C18H17N3O/c22-18-16-10-15(7-8-17(16)19-12-20-18)21-9-3-6-13-4-1-2-5-14(13)11-21/h1-2,4-5,7-8,10,12H,3,6,9,11H2,(H,19,20,22). The van der Waals surface area contributed by atoms with Gasteiger partial charge in [0.2, 0.25) is 0 Å². The molecular formula is C18H17N3O. The molecule has 2 heterocycles. The van der Waals surface area contributed by atoms with Crippen molar-refractivity contribution in [3.8, 4) is 0 Å². The van der Waals surface area contributed by atoms with Crippen molar-refractivity contribution in [1.82, 2.24) is 9.97 Å². The Morgan fingerprint density at radius 2 is 1.95 bits per heavy atom. The number of aromatic amines is 1. The van der Waals surface area contributed by atoms with Crippen LogP contribution in [0.3, 0.4) is 0 Å². The van der Waals surface area contributed by atoms with Gasteiger partial charge in [0.1, 0.15) is 0 Å². The first-order valence-electron chi connectivity index (χ1n) is 7.60. The molecule has 1 aromatic heterocycles. The van der Waals surface area contributed by atoms with E-state index in [4.69, 9.17) is 0 Å². The molecule has 0 radical (unpaired) electrons. The maximum atomic E-state index is 12.0. The van der Waals surface area contributed by atoms with Crippen molar-refractivity contribution in [2.24, 2.45) is 0 Å². The molecule has 1 aliphatic heterocycles. The van der Waals surface area contributed by atoms with E-state index in [-0.39, 0.29) is 5.56 Å². The molecule has 0 saturated carbocycles. The van der Waals surface area contributed by atoms with Gasteiger partial charge in [0.05, 0.1) is 17.2 Å². The maximum Gasteiger partial charge on any atom is 0.258 e. The fourth-order valence-electron chi connectivity index (χ4n) is 3.17. The zero-order valence-electron chi connectivity index (χ0n) is 12.2. The summed E-state index contributed by atoms with van der Waals surface area (Å²) in [5.41, 5.74) is 4.55. The third kappa shape index (κ3) is 2.26. The van der Waals surface area contributed by atoms with E-state index in [0.717, 1.165) is 37.1 Å². The van der Waals surface area contributed by atoms with Gasteiger partial charge in [-0.15, -0.1) is 0 Å². The van der Waals surface area contributed by atoms with Gasteiger partial charge in [0.15, 0.2) is 0 Å². The zero-order chi connectivity index (χ0) is 14.9. The highest BCUT2D eigenvalue weighted by Gasteiger charge is 2.15. The molecule has 22 heavy (non-hydrogen) atoms. The molecule has 1 N–H and O–H groups in total. The molecule has 0 saturated heterocycles. The van der Waals surface area contributed by atoms with Crippen molar-refractivity contribution >= 4 is 16.6 Å². The quantitative estimate of drug-likeness (QED) is 0.750. The van der Waals surface area contributed by atoms with Gasteiger partial charge in [-0.1, -0.05) is 24.3 Å². The Morgan fingerprint density at radius 3 is 2.86 bits per heavy atom. The first-order chi connectivity index (χ1) is 10.8. The molecule has 4 heteroatoms. The van der Waals surface area contributed by atoms with Gasteiger partial charge < -0.3 is 9.88 Å². The van der Waals surface area contributed by atoms with Crippen LogP contribution in [-0.4, -0.2) is 16.5 Å². The molecule has 2 aromatic carbocycles. The molecule has 4 nitrogen and oxygen atoms in total. The van der Waals surface area contributed by atoms with Crippen LogP contribution < -0.4 is 10.5 Å². The van der Waals surface area contributed by atoms with Crippen LogP contribution in [0.15, 0.2) is 53.6 Å². The smallest absolute Gasteiger partial charge is 0.258 e. The predicted molar refractivity (Wildman–Crippen MR) is 88.2 cm³/mol. The number of H-pyrrole nitrogens is 1. The number of fused-ring (bicyclic) bond motifs is 2. The number of aryl methyl sites for hydroxylation is 1. The zero-order valence-corrected chi connectivity index (χ0v) is 12.2. The highest BCUT2D eigenvalue weighted by molar-refractivity contribution is 5.81. The molecule has 0 amide bonds. The molecule has 0 spiro atoms. The number of hydrogen-bond donors (Lipinski definition) is 1. The normalized spacial score (nSPS) is 14.6. The summed E-state index contributed by atoms with van der Waals surface area (Å²) >= 11 is 0. The first-order valence-corrected chi connectivity index (χ1v) is 7.60. The lowest BCUT2D eigenvalue weighted by atomic mass is 10.0. The fraction of sp³-hybridized carbons (Fsp3) is 0.222. The Hall–Kier alpha value is -2.62. The molecule has 3 aromatic rings. The van der Waals surface area contributed by atoms with Gasteiger partial charge in [0, 0.05) is 18.8 Å². The van der Waals surface area contributed by atoms with Crippen LogP contribution in [0.25, 0.3) is 10.9 Å². The van der Waals surface area contributed by atoms with Crippen molar-refractivity contribution in [1.29, 1.82) is 0 Å². The van der Waals surface area contributed by atoms with Gasteiger partial charge in [-0.2, -0.15) is 0 Å². The van der Waals surface area contributed by atoms with Crippen molar-refractivity contribution in [3.63, 3.8) is 0 Å². The van der Waals surface area contributed by atoms with Crippen molar-refractivity contribution in [2.45, 2.75) is 19.4 Å². The summed E-state index contributed by atoms with van der Waals surface area (Å²) in [4.78, 5) is 21.2. The first kappa shape index (κ1) is 13.1. The number of benzene rings is 2. The molecule has 1 aliphatic rings. The van der Waals surface area contributed by atoms with Gasteiger partial charge in [-0.25, -0.2) is 4.98 Å². The highest BCUT2D eigenvalue weighted by atomic mass is 16.1. The number of nitrogens with one attached hydrogen (secondary N) is 1. The third-order valence-electron chi connectivity index (χ3n) is 4.34. The van der Waals surface area contributed by atoms with E-state index < -0.39 is 0 Å². The molecule has 0 aliphatic carbocycles. The Bertz CT molecular complexity index is 885. The fourth-order valence-corrected chi connectivity index (χ4v) is 3.17. The van der Waals surface area contributed by atoms with E-state index in [2.05, 4.69) is 45.2 Å². The number of nitrogens with zero attached hydrogens (tertiary/aromatic N) is 2. The van der Waals surface area contributed by atoms with E-state index in [9.17, 15) is 4.79 Å². The molecule has 4 rings (SSSR count). The van der Waals surface area contributed by atoms with Crippen LogP contribution in [0.1, 0.15) is 17.5 Å². The minimum absolute atomic E-state index is 0.0814. The van der Waals surface area contributed by atoms with Crippen molar-refractivity contribution in [3.05, 3.63) is 70.3 Å². The second-order valence-electron chi connectivity index (χ2n) is 5.73. The van der Waals surface area contributed by atoms with Crippen LogP contribution in [0.5, 0.6) is 0 Å². The summed E-state index contributed by atoms with van der Waals surface area (Å²) < 4.78 is 0. The summed E-state index contributed by atoms with van der Waals surface area (Å²) in [6.45, 7) is 1.89. The number of aromatic nitrogens is 2. The highest BCUT2D eigenvalue weighted by Crippen LogP contribution is 2.25. The van der Waals surface area contributed by atoms with Crippen LogP contribution >= 0.6 is 0 Å². The Labute approximate surface area is 128 Å². The second-order valence-corrected chi connectivity index (χ2v) is 5.73.